The van der Waals surface area contributed by atoms with Crippen LogP contribution in [0.5, 0.6) is 0 Å². The van der Waals surface area contributed by atoms with Crippen molar-refractivity contribution in [1.82, 2.24) is 0 Å². The highest BCUT2D eigenvalue weighted by atomic mass is 35.5. The second kappa shape index (κ2) is 7.02. The number of carbonyl (C=O) groups excluding carboxylic acids is 1. The third kappa shape index (κ3) is 4.11. The fourth-order valence-corrected chi connectivity index (χ4v) is 3.77. The van der Waals surface area contributed by atoms with Gasteiger partial charge in [0.1, 0.15) is 0 Å². The monoisotopic (exact) mass is 375 g/mol. The van der Waals surface area contributed by atoms with E-state index in [2.05, 4.69) is 0 Å². The van der Waals surface area contributed by atoms with Gasteiger partial charge in [0.25, 0.3) is 5.91 Å². The van der Waals surface area contributed by atoms with Gasteiger partial charge in [0.05, 0.1) is 4.90 Å². The molecule has 2 aromatic carbocycles. The van der Waals surface area contributed by atoms with Gasteiger partial charge in [-0.3, -0.25) is 4.79 Å². The molecule has 1 heterocycles. The van der Waals surface area contributed by atoms with Crippen molar-refractivity contribution in [3.05, 3.63) is 64.7 Å². The number of fused-ring (bicyclic) bond motifs is 1. The molecule has 1 aliphatic rings. The maximum atomic E-state index is 12.6. The summed E-state index contributed by atoms with van der Waals surface area (Å²) < 4.78 is 23.4. The summed E-state index contributed by atoms with van der Waals surface area (Å²) in [6.07, 6.45) is 6.00. The number of rotatable bonds is 3. The number of carbonyl (C=O) groups is 1. The van der Waals surface area contributed by atoms with Crippen molar-refractivity contribution in [2.75, 3.05) is 17.7 Å². The Morgan fingerprint density at radius 3 is 2.72 bits per heavy atom. The van der Waals surface area contributed by atoms with E-state index >= 15 is 0 Å². The number of hydrogen-bond acceptors (Lipinski definition) is 3. The van der Waals surface area contributed by atoms with Crippen LogP contribution >= 0.6 is 11.6 Å². The Morgan fingerprint density at radius 1 is 1.20 bits per heavy atom. The molecule has 0 saturated heterocycles. The van der Waals surface area contributed by atoms with Gasteiger partial charge in [-0.15, -0.1) is 0 Å². The summed E-state index contributed by atoms with van der Waals surface area (Å²) >= 11 is 5.95. The summed E-state index contributed by atoms with van der Waals surface area (Å²) in [5.74, 6) is -0.131. The fourth-order valence-electron chi connectivity index (χ4n) is 2.90. The summed E-state index contributed by atoms with van der Waals surface area (Å²) in [5.41, 5.74) is 2.52. The average molecular weight is 376 g/mol. The lowest BCUT2D eigenvalue weighted by Gasteiger charge is -2.29. The normalized spacial score (nSPS) is 14.6. The molecular formula is C19H18ClNO3S. The highest BCUT2D eigenvalue weighted by Crippen LogP contribution is 2.29. The lowest BCUT2D eigenvalue weighted by atomic mass is 10.0. The Morgan fingerprint density at radius 2 is 2.00 bits per heavy atom. The van der Waals surface area contributed by atoms with Crippen LogP contribution in [0.1, 0.15) is 17.5 Å². The first-order chi connectivity index (χ1) is 11.8. The van der Waals surface area contributed by atoms with Crippen LogP contribution in [-0.4, -0.2) is 27.1 Å². The van der Waals surface area contributed by atoms with Gasteiger partial charge in [-0.1, -0.05) is 23.7 Å². The van der Waals surface area contributed by atoms with Crippen LogP contribution in [0.3, 0.4) is 0 Å². The van der Waals surface area contributed by atoms with Crippen molar-refractivity contribution in [2.24, 2.45) is 0 Å². The summed E-state index contributed by atoms with van der Waals surface area (Å²) in [4.78, 5) is 14.6. The number of amides is 1. The Bertz CT molecular complexity index is 951. The molecule has 0 spiro atoms. The van der Waals surface area contributed by atoms with Gasteiger partial charge < -0.3 is 4.90 Å². The number of hydrogen-bond donors (Lipinski definition) is 0. The van der Waals surface area contributed by atoms with E-state index in [1.165, 1.54) is 12.3 Å². The van der Waals surface area contributed by atoms with Crippen LogP contribution < -0.4 is 4.90 Å². The highest BCUT2D eigenvalue weighted by Gasteiger charge is 2.22. The van der Waals surface area contributed by atoms with Crippen molar-refractivity contribution >= 4 is 39.1 Å². The van der Waals surface area contributed by atoms with Crippen LogP contribution in [0.15, 0.2) is 53.4 Å². The molecule has 0 N–H and O–H groups in total. The van der Waals surface area contributed by atoms with Gasteiger partial charge in [0.2, 0.25) is 0 Å². The molecule has 130 valence electrons. The first-order valence-electron chi connectivity index (χ1n) is 7.93. The van der Waals surface area contributed by atoms with Gasteiger partial charge in [-0.05, 0) is 60.4 Å². The second-order valence-electron chi connectivity index (χ2n) is 6.04. The van der Waals surface area contributed by atoms with Gasteiger partial charge in [0, 0.05) is 29.6 Å². The number of anilines is 1. The molecule has 0 fully saturated rings. The van der Waals surface area contributed by atoms with Crippen molar-refractivity contribution in [2.45, 2.75) is 17.7 Å². The van der Waals surface area contributed by atoms with Crippen molar-refractivity contribution in [1.29, 1.82) is 0 Å². The molecule has 4 nitrogen and oxygen atoms in total. The summed E-state index contributed by atoms with van der Waals surface area (Å²) in [7, 11) is -3.25. The summed E-state index contributed by atoms with van der Waals surface area (Å²) in [5, 5.41) is 0.617. The first kappa shape index (κ1) is 17.7. The maximum Gasteiger partial charge on any atom is 0.250 e. The van der Waals surface area contributed by atoms with E-state index in [0.717, 1.165) is 29.7 Å². The zero-order chi connectivity index (χ0) is 18.0. The molecule has 0 unspecified atom stereocenters. The molecule has 2 aromatic rings. The van der Waals surface area contributed by atoms with Crippen molar-refractivity contribution in [3.63, 3.8) is 0 Å². The Balaban J connectivity index is 1.86. The molecule has 0 aliphatic carbocycles. The molecular weight excluding hydrogens is 358 g/mol. The Kier molecular flexibility index (Phi) is 4.97. The van der Waals surface area contributed by atoms with Gasteiger partial charge in [0.15, 0.2) is 9.84 Å². The molecule has 1 amide bonds. The molecule has 0 radical (unpaired) electrons. The van der Waals surface area contributed by atoms with Gasteiger partial charge in [-0.2, -0.15) is 0 Å². The third-order valence-corrected chi connectivity index (χ3v) is 5.48. The van der Waals surface area contributed by atoms with Gasteiger partial charge in [-0.25, -0.2) is 8.42 Å². The number of nitrogens with zero attached hydrogens (tertiary/aromatic N) is 1. The predicted molar refractivity (Wildman–Crippen MR) is 101 cm³/mol. The Hall–Kier alpha value is -2.11. The topological polar surface area (TPSA) is 54.5 Å². The molecule has 0 bridgehead atoms. The van der Waals surface area contributed by atoms with Crippen molar-refractivity contribution < 1.29 is 13.2 Å². The fraction of sp³-hybridized carbons (Fsp3) is 0.211. The number of halogens is 1. The SMILES string of the molecule is CS(=O)(=O)c1ccc2c(c1)CCCN2C(=O)/C=C/c1cccc(Cl)c1. The molecule has 0 saturated carbocycles. The average Bonchev–Trinajstić information content (AvgIpc) is 2.58. The van der Waals surface area contributed by atoms with Crippen LogP contribution in [0.4, 0.5) is 5.69 Å². The first-order valence-corrected chi connectivity index (χ1v) is 10.2. The molecule has 3 rings (SSSR count). The number of benzene rings is 2. The number of sulfone groups is 1. The van der Waals surface area contributed by atoms with Crippen LogP contribution in [0, 0.1) is 0 Å². The van der Waals surface area contributed by atoms with E-state index in [0.29, 0.717) is 11.6 Å². The predicted octanol–water partition coefficient (Wildman–Crippen LogP) is 3.74. The minimum Gasteiger partial charge on any atom is -0.309 e. The van der Waals surface area contributed by atoms with Crippen LogP contribution in [0.25, 0.3) is 6.08 Å². The minimum atomic E-state index is -3.25. The number of aryl methyl sites for hydroxylation is 1. The highest BCUT2D eigenvalue weighted by molar-refractivity contribution is 7.90. The third-order valence-electron chi connectivity index (χ3n) is 4.13. The molecule has 0 atom stereocenters. The van der Waals surface area contributed by atoms with Crippen LogP contribution in [-0.2, 0) is 21.1 Å². The van der Waals surface area contributed by atoms with E-state index < -0.39 is 9.84 Å². The molecule has 0 aromatic heterocycles. The Labute approximate surface area is 152 Å². The van der Waals surface area contributed by atoms with Crippen LogP contribution in [0.2, 0.25) is 5.02 Å². The standard InChI is InChI=1S/C19H18ClNO3S/c1-25(23,24)17-8-9-18-15(13-17)5-3-11-21(18)19(22)10-7-14-4-2-6-16(20)12-14/h2,4,6-10,12-13H,3,5,11H2,1H3/b10-7+. The van der Waals surface area contributed by atoms with E-state index in [1.807, 2.05) is 12.1 Å². The lowest BCUT2D eigenvalue weighted by Crippen LogP contribution is -2.34. The van der Waals surface area contributed by atoms with E-state index in [9.17, 15) is 13.2 Å². The van der Waals surface area contributed by atoms with E-state index in [1.54, 1.807) is 41.3 Å². The summed E-state index contributed by atoms with van der Waals surface area (Å²) in [6, 6.07) is 12.2. The van der Waals surface area contributed by atoms with Crippen molar-refractivity contribution in [3.8, 4) is 0 Å². The minimum absolute atomic E-state index is 0.131. The lowest BCUT2D eigenvalue weighted by molar-refractivity contribution is -0.114. The maximum absolute atomic E-state index is 12.6. The largest absolute Gasteiger partial charge is 0.309 e. The molecule has 25 heavy (non-hydrogen) atoms. The molecule has 6 heteroatoms. The van der Waals surface area contributed by atoms with E-state index in [4.69, 9.17) is 11.6 Å². The van der Waals surface area contributed by atoms with Gasteiger partial charge >= 0.3 is 0 Å². The zero-order valence-electron chi connectivity index (χ0n) is 13.8. The quantitative estimate of drug-likeness (QED) is 0.768. The van der Waals surface area contributed by atoms with E-state index in [-0.39, 0.29) is 10.8 Å². The smallest absolute Gasteiger partial charge is 0.250 e. The zero-order valence-corrected chi connectivity index (χ0v) is 15.3. The molecule has 1 aliphatic heterocycles. The summed E-state index contributed by atoms with van der Waals surface area (Å²) in [6.45, 7) is 0.615. The second-order valence-corrected chi connectivity index (χ2v) is 8.50.